The lowest BCUT2D eigenvalue weighted by molar-refractivity contribution is 0.0904. The van der Waals surface area contributed by atoms with Gasteiger partial charge in [0.25, 0.3) is 0 Å². The van der Waals surface area contributed by atoms with E-state index in [2.05, 4.69) is 37.9 Å². The zero-order chi connectivity index (χ0) is 13.4. The van der Waals surface area contributed by atoms with Crippen LogP contribution in [0.25, 0.3) is 0 Å². The summed E-state index contributed by atoms with van der Waals surface area (Å²) in [5, 5.41) is 3.72. The van der Waals surface area contributed by atoms with Crippen LogP contribution in [0.3, 0.4) is 0 Å². The summed E-state index contributed by atoms with van der Waals surface area (Å²) in [6, 6.07) is 2.19. The predicted molar refractivity (Wildman–Crippen MR) is 81.1 cm³/mol. The molecule has 0 bridgehead atoms. The van der Waals surface area contributed by atoms with E-state index in [1.54, 1.807) is 0 Å². The van der Waals surface area contributed by atoms with Crippen LogP contribution in [0.5, 0.6) is 0 Å². The summed E-state index contributed by atoms with van der Waals surface area (Å²) >= 11 is 0. The molecule has 2 nitrogen and oxygen atoms in total. The first-order valence-electron chi connectivity index (χ1n) is 8.19. The van der Waals surface area contributed by atoms with Crippen LogP contribution in [0.15, 0.2) is 0 Å². The Morgan fingerprint density at radius 2 is 1.83 bits per heavy atom. The van der Waals surface area contributed by atoms with Crippen molar-refractivity contribution in [3.63, 3.8) is 0 Å². The lowest BCUT2D eigenvalue weighted by atomic mass is 9.88. The predicted octanol–water partition coefficient (Wildman–Crippen LogP) is 3.81. The molecule has 0 radical (unpaired) electrons. The highest BCUT2D eigenvalue weighted by Gasteiger charge is 2.30. The van der Waals surface area contributed by atoms with E-state index in [1.165, 1.54) is 51.5 Å². The van der Waals surface area contributed by atoms with Gasteiger partial charge in [-0.05, 0) is 46.2 Å². The highest BCUT2D eigenvalue weighted by molar-refractivity contribution is 4.89. The van der Waals surface area contributed by atoms with Gasteiger partial charge in [-0.1, -0.05) is 39.5 Å². The molecule has 0 aromatic heterocycles. The third kappa shape index (κ3) is 4.89. The van der Waals surface area contributed by atoms with Crippen LogP contribution in [-0.2, 0) is 0 Å². The van der Waals surface area contributed by atoms with Gasteiger partial charge < -0.3 is 5.32 Å². The van der Waals surface area contributed by atoms with E-state index < -0.39 is 0 Å². The Balaban J connectivity index is 2.56. The fourth-order valence-electron chi connectivity index (χ4n) is 3.36. The van der Waals surface area contributed by atoms with Gasteiger partial charge in [0.2, 0.25) is 0 Å². The van der Waals surface area contributed by atoms with E-state index in [1.807, 2.05) is 0 Å². The average molecular weight is 254 g/mol. The lowest BCUT2D eigenvalue weighted by Gasteiger charge is -2.42. The summed E-state index contributed by atoms with van der Waals surface area (Å²) in [6.45, 7) is 11.7. The smallest absolute Gasteiger partial charge is 0.0252 e. The Morgan fingerprint density at radius 1 is 1.11 bits per heavy atom. The molecule has 0 aromatic carbocycles. The fourth-order valence-corrected chi connectivity index (χ4v) is 3.36. The third-order valence-corrected chi connectivity index (χ3v) is 4.30. The normalized spacial score (nSPS) is 25.0. The van der Waals surface area contributed by atoms with Crippen molar-refractivity contribution >= 4 is 0 Å². The molecular formula is C16H34N2. The van der Waals surface area contributed by atoms with E-state index in [-0.39, 0.29) is 0 Å². The summed E-state index contributed by atoms with van der Waals surface area (Å²) in [5.41, 5.74) is 0. The average Bonchev–Trinajstić information content (AvgIpc) is 2.36. The topological polar surface area (TPSA) is 15.3 Å². The van der Waals surface area contributed by atoms with Crippen molar-refractivity contribution in [2.75, 3.05) is 13.1 Å². The van der Waals surface area contributed by atoms with Gasteiger partial charge in [-0.3, -0.25) is 4.90 Å². The lowest BCUT2D eigenvalue weighted by Crippen LogP contribution is -2.54. The fraction of sp³-hybridized carbons (Fsp3) is 1.00. The third-order valence-electron chi connectivity index (χ3n) is 4.30. The van der Waals surface area contributed by atoms with Crippen molar-refractivity contribution in [1.29, 1.82) is 0 Å². The molecule has 0 heterocycles. The quantitative estimate of drug-likeness (QED) is 0.663. The maximum Gasteiger partial charge on any atom is 0.0252 e. The van der Waals surface area contributed by atoms with Crippen LogP contribution < -0.4 is 5.32 Å². The van der Waals surface area contributed by atoms with Gasteiger partial charge in [0.1, 0.15) is 0 Å². The van der Waals surface area contributed by atoms with Crippen molar-refractivity contribution in [3.05, 3.63) is 0 Å². The first kappa shape index (κ1) is 16.0. The molecule has 1 fully saturated rings. The number of hydrogen-bond acceptors (Lipinski definition) is 2. The van der Waals surface area contributed by atoms with Crippen molar-refractivity contribution < 1.29 is 0 Å². The molecule has 2 unspecified atom stereocenters. The van der Waals surface area contributed by atoms with Gasteiger partial charge >= 0.3 is 0 Å². The van der Waals surface area contributed by atoms with Gasteiger partial charge in [-0.2, -0.15) is 0 Å². The number of hydrogen-bond donors (Lipinski definition) is 1. The molecule has 0 saturated heterocycles. The molecule has 0 amide bonds. The molecule has 0 spiro atoms. The number of likely N-dealkylation sites (N-methyl/N-ethyl adjacent to an activating group) is 1. The number of unbranched alkanes of at least 4 members (excludes halogenated alkanes) is 2. The highest BCUT2D eigenvalue weighted by atomic mass is 15.2. The summed E-state index contributed by atoms with van der Waals surface area (Å²) in [6.07, 6.45) is 9.66. The van der Waals surface area contributed by atoms with Gasteiger partial charge in [-0.15, -0.1) is 0 Å². The Hall–Kier alpha value is -0.0800. The summed E-state index contributed by atoms with van der Waals surface area (Å²) < 4.78 is 0. The van der Waals surface area contributed by atoms with Crippen LogP contribution in [-0.4, -0.2) is 36.1 Å². The maximum absolute atomic E-state index is 3.72. The Morgan fingerprint density at radius 3 is 2.44 bits per heavy atom. The minimum atomic E-state index is 0.686. The summed E-state index contributed by atoms with van der Waals surface area (Å²) in [5.74, 6) is 0. The largest absolute Gasteiger partial charge is 0.313 e. The molecule has 18 heavy (non-hydrogen) atoms. The molecule has 2 atom stereocenters. The minimum Gasteiger partial charge on any atom is -0.313 e. The molecule has 108 valence electrons. The second-order valence-corrected chi connectivity index (χ2v) is 6.05. The zero-order valence-electron chi connectivity index (χ0n) is 13.0. The first-order valence-corrected chi connectivity index (χ1v) is 8.19. The highest BCUT2D eigenvalue weighted by Crippen LogP contribution is 2.25. The Bertz CT molecular complexity index is 201. The van der Waals surface area contributed by atoms with E-state index in [0.717, 1.165) is 18.6 Å². The van der Waals surface area contributed by atoms with Crippen LogP contribution in [0, 0.1) is 0 Å². The molecule has 1 saturated carbocycles. The molecule has 0 aliphatic heterocycles. The van der Waals surface area contributed by atoms with E-state index in [0.29, 0.717) is 6.04 Å². The van der Waals surface area contributed by atoms with Crippen molar-refractivity contribution in [2.24, 2.45) is 0 Å². The van der Waals surface area contributed by atoms with Crippen LogP contribution in [0.4, 0.5) is 0 Å². The van der Waals surface area contributed by atoms with Crippen LogP contribution >= 0.6 is 0 Å². The molecule has 1 aliphatic carbocycles. The SMILES string of the molecule is CCCCCN(C(C)C)C1CCCCC1NCC. The second-order valence-electron chi connectivity index (χ2n) is 6.05. The molecule has 1 rings (SSSR count). The second kappa shape index (κ2) is 8.92. The van der Waals surface area contributed by atoms with E-state index in [9.17, 15) is 0 Å². The Labute approximate surface area is 115 Å². The minimum absolute atomic E-state index is 0.686. The summed E-state index contributed by atoms with van der Waals surface area (Å²) in [4.78, 5) is 2.77. The van der Waals surface area contributed by atoms with Gasteiger partial charge in [0, 0.05) is 18.1 Å². The molecular weight excluding hydrogens is 220 g/mol. The number of nitrogens with one attached hydrogen (secondary N) is 1. The first-order chi connectivity index (χ1) is 8.70. The van der Waals surface area contributed by atoms with Gasteiger partial charge in [-0.25, -0.2) is 0 Å². The molecule has 1 aliphatic rings. The monoisotopic (exact) mass is 254 g/mol. The van der Waals surface area contributed by atoms with Crippen molar-refractivity contribution in [1.82, 2.24) is 10.2 Å². The van der Waals surface area contributed by atoms with Crippen molar-refractivity contribution in [2.45, 2.75) is 90.8 Å². The summed E-state index contributed by atoms with van der Waals surface area (Å²) in [7, 11) is 0. The number of nitrogens with zero attached hydrogens (tertiary/aromatic N) is 1. The standard InChI is InChI=1S/C16H34N2/c1-5-7-10-13-18(14(3)4)16-12-9-8-11-15(16)17-6-2/h14-17H,5-13H2,1-4H3. The van der Waals surface area contributed by atoms with E-state index in [4.69, 9.17) is 0 Å². The molecule has 2 heteroatoms. The van der Waals surface area contributed by atoms with Crippen LogP contribution in [0.1, 0.15) is 72.6 Å². The van der Waals surface area contributed by atoms with Crippen LogP contribution in [0.2, 0.25) is 0 Å². The zero-order valence-corrected chi connectivity index (χ0v) is 13.0. The molecule has 1 N–H and O–H groups in total. The van der Waals surface area contributed by atoms with E-state index >= 15 is 0 Å². The number of rotatable bonds is 8. The van der Waals surface area contributed by atoms with Gasteiger partial charge in [0.05, 0.1) is 0 Å². The maximum atomic E-state index is 3.72. The molecule has 0 aromatic rings. The van der Waals surface area contributed by atoms with Gasteiger partial charge in [0.15, 0.2) is 0 Å². The Kier molecular flexibility index (Phi) is 7.92. The van der Waals surface area contributed by atoms with Crippen molar-refractivity contribution in [3.8, 4) is 0 Å².